The smallest absolute Gasteiger partial charge is 0.340 e. The van der Waals surface area contributed by atoms with E-state index in [1.54, 1.807) is 19.9 Å². The largest absolute Gasteiger partial charge is 0.478 e. The molecule has 0 saturated carbocycles. The van der Waals surface area contributed by atoms with E-state index in [1.807, 2.05) is 6.92 Å². The summed E-state index contributed by atoms with van der Waals surface area (Å²) in [5.41, 5.74) is 1.32. The fourth-order valence-corrected chi connectivity index (χ4v) is 3.04. The van der Waals surface area contributed by atoms with Crippen LogP contribution in [0.25, 0.3) is 0 Å². The van der Waals surface area contributed by atoms with E-state index < -0.39 is 5.97 Å². The molecule has 0 aliphatic rings. The molecular formula is C13H13ClN4O2S. The van der Waals surface area contributed by atoms with Crippen molar-refractivity contribution in [2.45, 2.75) is 31.6 Å². The first-order chi connectivity index (χ1) is 9.86. The van der Waals surface area contributed by atoms with Crippen LogP contribution in [0, 0.1) is 20.8 Å². The Morgan fingerprint density at radius 2 is 1.95 bits per heavy atom. The van der Waals surface area contributed by atoms with Crippen LogP contribution in [0.15, 0.2) is 11.1 Å². The number of hydrogen-bond acceptors (Lipinski definition) is 6. The van der Waals surface area contributed by atoms with Crippen LogP contribution in [0.1, 0.15) is 33.4 Å². The van der Waals surface area contributed by atoms with Crippen LogP contribution in [-0.2, 0) is 5.75 Å². The second-order valence-electron chi connectivity index (χ2n) is 4.38. The maximum absolute atomic E-state index is 11.3. The second kappa shape index (κ2) is 6.36. The fraction of sp³-hybridized carbons (Fsp3) is 0.308. The molecule has 0 saturated heterocycles. The van der Waals surface area contributed by atoms with Crippen molar-refractivity contribution in [3.05, 3.63) is 39.8 Å². The monoisotopic (exact) mass is 324 g/mol. The summed E-state index contributed by atoms with van der Waals surface area (Å²) in [5, 5.41) is 10.1. The van der Waals surface area contributed by atoms with Crippen LogP contribution in [0.4, 0.5) is 0 Å². The van der Waals surface area contributed by atoms with Gasteiger partial charge in [-0.2, -0.15) is 0 Å². The molecule has 0 atom stereocenters. The maximum atomic E-state index is 11.3. The first-order valence-corrected chi connectivity index (χ1v) is 7.44. The molecule has 0 aromatic carbocycles. The highest BCUT2D eigenvalue weighted by Gasteiger charge is 2.18. The van der Waals surface area contributed by atoms with Crippen molar-refractivity contribution in [2.75, 3.05) is 0 Å². The van der Waals surface area contributed by atoms with Gasteiger partial charge in [0.05, 0.1) is 11.4 Å². The predicted octanol–water partition coefficient (Wildman–Crippen LogP) is 2.84. The molecule has 2 aromatic heterocycles. The van der Waals surface area contributed by atoms with E-state index >= 15 is 0 Å². The van der Waals surface area contributed by atoms with Crippen molar-refractivity contribution in [1.29, 1.82) is 0 Å². The number of carbonyl (C=O) groups is 1. The van der Waals surface area contributed by atoms with Crippen LogP contribution in [0.2, 0.25) is 5.15 Å². The minimum atomic E-state index is -1.04. The molecule has 2 aromatic rings. The summed E-state index contributed by atoms with van der Waals surface area (Å²) in [4.78, 5) is 28.0. The van der Waals surface area contributed by atoms with Crippen LogP contribution in [0.5, 0.6) is 0 Å². The van der Waals surface area contributed by atoms with Gasteiger partial charge in [0.25, 0.3) is 0 Å². The molecule has 0 bridgehead atoms. The number of thioether (sulfide) groups is 1. The van der Waals surface area contributed by atoms with Crippen molar-refractivity contribution in [2.24, 2.45) is 0 Å². The molecule has 0 spiro atoms. The number of carboxylic acid groups (broad SMARTS) is 1. The lowest BCUT2D eigenvalue weighted by Gasteiger charge is -2.08. The van der Waals surface area contributed by atoms with Crippen molar-refractivity contribution < 1.29 is 9.90 Å². The Bertz CT molecular complexity index is 689. The van der Waals surface area contributed by atoms with Gasteiger partial charge in [-0.15, -0.1) is 0 Å². The van der Waals surface area contributed by atoms with Gasteiger partial charge in [-0.25, -0.2) is 24.7 Å². The average Bonchev–Trinajstić information content (AvgIpc) is 2.33. The molecule has 8 heteroatoms. The van der Waals surface area contributed by atoms with Gasteiger partial charge in [-0.3, -0.25) is 0 Å². The molecule has 2 heterocycles. The number of hydrogen-bond donors (Lipinski definition) is 1. The minimum absolute atomic E-state index is 0.115. The van der Waals surface area contributed by atoms with E-state index in [0.29, 0.717) is 33.3 Å². The quantitative estimate of drug-likeness (QED) is 0.683. The third kappa shape index (κ3) is 3.89. The number of aromatic nitrogens is 4. The zero-order valence-electron chi connectivity index (χ0n) is 11.7. The van der Waals surface area contributed by atoms with E-state index in [0.717, 1.165) is 5.69 Å². The predicted molar refractivity (Wildman–Crippen MR) is 79.8 cm³/mol. The van der Waals surface area contributed by atoms with Gasteiger partial charge in [0, 0.05) is 5.69 Å². The Morgan fingerprint density at radius 1 is 1.24 bits per heavy atom. The fourth-order valence-electron chi connectivity index (χ4n) is 1.82. The Morgan fingerprint density at radius 3 is 2.57 bits per heavy atom. The molecule has 0 fully saturated rings. The normalized spacial score (nSPS) is 10.7. The van der Waals surface area contributed by atoms with E-state index in [9.17, 15) is 9.90 Å². The van der Waals surface area contributed by atoms with E-state index in [1.165, 1.54) is 11.8 Å². The molecule has 0 aliphatic heterocycles. The van der Waals surface area contributed by atoms with E-state index in [2.05, 4.69) is 19.9 Å². The van der Waals surface area contributed by atoms with Crippen LogP contribution < -0.4 is 0 Å². The number of nitrogens with zero attached hydrogens (tertiary/aromatic N) is 4. The Balaban J connectivity index is 2.29. The highest BCUT2D eigenvalue weighted by atomic mass is 35.5. The number of carboxylic acids is 1. The highest BCUT2D eigenvalue weighted by Crippen LogP contribution is 2.25. The molecule has 110 valence electrons. The van der Waals surface area contributed by atoms with Crippen LogP contribution in [-0.4, -0.2) is 31.0 Å². The summed E-state index contributed by atoms with van der Waals surface area (Å²) in [5.74, 6) is 0.411. The third-order valence-corrected chi connectivity index (χ3v) is 3.75. The molecule has 1 N–H and O–H groups in total. The molecular weight excluding hydrogens is 312 g/mol. The lowest BCUT2D eigenvalue weighted by atomic mass is 10.2. The van der Waals surface area contributed by atoms with Crippen molar-refractivity contribution in [3.8, 4) is 0 Å². The standard InChI is InChI=1S/C13H13ClN4O2S/c1-6-4-9(14)18-10(15-6)5-21-12-11(13(19)20)7(2)16-8(3)17-12/h4H,5H2,1-3H3,(H,19,20). The topological polar surface area (TPSA) is 88.9 Å². The Hall–Kier alpha value is -1.73. The Labute approximate surface area is 131 Å². The molecule has 0 unspecified atom stereocenters. The minimum Gasteiger partial charge on any atom is -0.478 e. The Kier molecular flexibility index (Phi) is 4.74. The zero-order chi connectivity index (χ0) is 15.6. The molecule has 6 nitrogen and oxygen atoms in total. The van der Waals surface area contributed by atoms with Crippen LogP contribution in [0.3, 0.4) is 0 Å². The van der Waals surface area contributed by atoms with Gasteiger partial charge in [0.1, 0.15) is 27.4 Å². The maximum Gasteiger partial charge on any atom is 0.340 e. The van der Waals surface area contributed by atoms with Crippen LogP contribution >= 0.6 is 23.4 Å². The number of aryl methyl sites for hydroxylation is 3. The molecule has 0 amide bonds. The van der Waals surface area contributed by atoms with Gasteiger partial charge < -0.3 is 5.11 Å². The first-order valence-electron chi connectivity index (χ1n) is 6.08. The zero-order valence-corrected chi connectivity index (χ0v) is 13.3. The molecule has 21 heavy (non-hydrogen) atoms. The number of rotatable bonds is 4. The van der Waals surface area contributed by atoms with Gasteiger partial charge >= 0.3 is 5.97 Å². The molecule has 0 radical (unpaired) electrons. The van der Waals surface area contributed by atoms with Gasteiger partial charge in [-0.1, -0.05) is 23.4 Å². The lowest BCUT2D eigenvalue weighted by Crippen LogP contribution is -2.08. The van der Waals surface area contributed by atoms with E-state index in [-0.39, 0.29) is 5.56 Å². The highest BCUT2D eigenvalue weighted by molar-refractivity contribution is 7.98. The first kappa shape index (κ1) is 15.7. The van der Waals surface area contributed by atoms with Crippen molar-refractivity contribution in [1.82, 2.24) is 19.9 Å². The van der Waals surface area contributed by atoms with Crippen molar-refractivity contribution >= 4 is 29.3 Å². The van der Waals surface area contributed by atoms with Crippen molar-refractivity contribution in [3.63, 3.8) is 0 Å². The average molecular weight is 325 g/mol. The summed E-state index contributed by atoms with van der Waals surface area (Å²) in [6.45, 7) is 5.20. The summed E-state index contributed by atoms with van der Waals surface area (Å²) in [7, 11) is 0. The van der Waals surface area contributed by atoms with Gasteiger partial charge in [0.15, 0.2) is 0 Å². The van der Waals surface area contributed by atoms with Gasteiger partial charge in [0.2, 0.25) is 0 Å². The second-order valence-corrected chi connectivity index (χ2v) is 5.73. The molecule has 2 rings (SSSR count). The molecule has 0 aliphatic carbocycles. The summed E-state index contributed by atoms with van der Waals surface area (Å²) in [6.07, 6.45) is 0. The summed E-state index contributed by atoms with van der Waals surface area (Å²) >= 11 is 7.14. The number of aromatic carboxylic acids is 1. The summed E-state index contributed by atoms with van der Waals surface area (Å²) in [6, 6.07) is 1.66. The third-order valence-electron chi connectivity index (χ3n) is 2.59. The summed E-state index contributed by atoms with van der Waals surface area (Å²) < 4.78 is 0. The lowest BCUT2D eigenvalue weighted by molar-refractivity contribution is 0.0690. The number of halogens is 1. The van der Waals surface area contributed by atoms with Gasteiger partial charge in [-0.05, 0) is 26.8 Å². The SMILES string of the molecule is Cc1cc(Cl)nc(CSc2nc(C)nc(C)c2C(=O)O)n1. The van der Waals surface area contributed by atoms with E-state index in [4.69, 9.17) is 11.6 Å².